The second-order valence-corrected chi connectivity index (χ2v) is 10.0. The van der Waals surface area contributed by atoms with Crippen molar-refractivity contribution in [1.82, 2.24) is 19.7 Å². The Morgan fingerprint density at radius 2 is 1.85 bits per heavy atom. The highest BCUT2D eigenvalue weighted by atomic mass is 32.2. The van der Waals surface area contributed by atoms with Crippen molar-refractivity contribution >= 4 is 23.5 Å². The Kier molecular flexibility index (Phi) is 7.82. The van der Waals surface area contributed by atoms with Crippen LogP contribution in [0, 0.1) is 13.8 Å². The minimum Gasteiger partial charge on any atom is -0.462 e. The van der Waals surface area contributed by atoms with Crippen LogP contribution < -0.4 is 0 Å². The number of carbonyl (C=O) groups is 2. The Morgan fingerprint density at radius 3 is 2.44 bits per heavy atom. The van der Waals surface area contributed by atoms with Gasteiger partial charge in [0.25, 0.3) is 0 Å². The van der Waals surface area contributed by atoms with Crippen molar-refractivity contribution < 1.29 is 14.3 Å². The van der Waals surface area contributed by atoms with E-state index in [0.29, 0.717) is 34.2 Å². The lowest BCUT2D eigenvalue weighted by atomic mass is 9.87. The maximum atomic E-state index is 13.0. The molecule has 0 aliphatic carbocycles. The van der Waals surface area contributed by atoms with Gasteiger partial charge in [0.1, 0.15) is 0 Å². The lowest BCUT2D eigenvalue weighted by molar-refractivity contribution is 0.0525. The van der Waals surface area contributed by atoms with E-state index in [1.807, 2.05) is 16.7 Å². The number of rotatable bonds is 9. The molecule has 3 aromatic rings. The molecule has 8 heteroatoms. The maximum Gasteiger partial charge on any atom is 0.340 e. The van der Waals surface area contributed by atoms with Crippen molar-refractivity contribution in [3.63, 3.8) is 0 Å². The van der Waals surface area contributed by atoms with Crippen molar-refractivity contribution in [1.29, 1.82) is 0 Å². The first-order chi connectivity index (χ1) is 16.1. The summed E-state index contributed by atoms with van der Waals surface area (Å²) in [6, 6.07) is 8.31. The largest absolute Gasteiger partial charge is 0.462 e. The Bertz CT molecular complexity index is 1200. The molecule has 2 aromatic heterocycles. The van der Waals surface area contributed by atoms with Gasteiger partial charge in [0.05, 0.1) is 23.6 Å². The molecule has 0 atom stereocenters. The second-order valence-electron chi connectivity index (χ2n) is 9.09. The first kappa shape index (κ1) is 25.5. The topological polar surface area (TPSA) is 89.9 Å². The SMILES string of the molecule is C=CCn1c(SCC(=O)c2[nH]c(C)c(C(=O)OCC)c2C)nnc1-c1ccc(C(C)(C)C)cc1. The van der Waals surface area contributed by atoms with Gasteiger partial charge in [-0.15, -0.1) is 16.8 Å². The van der Waals surface area contributed by atoms with Gasteiger partial charge in [-0.05, 0) is 37.3 Å². The van der Waals surface area contributed by atoms with Crippen LogP contribution in [0.4, 0.5) is 0 Å². The third kappa shape index (κ3) is 5.33. The fourth-order valence-electron chi connectivity index (χ4n) is 3.76. The van der Waals surface area contributed by atoms with Gasteiger partial charge in [0.2, 0.25) is 0 Å². The zero-order chi connectivity index (χ0) is 25.0. The highest BCUT2D eigenvalue weighted by molar-refractivity contribution is 7.99. The molecule has 0 bridgehead atoms. The Balaban J connectivity index is 1.81. The van der Waals surface area contributed by atoms with E-state index in [4.69, 9.17) is 4.74 Å². The summed E-state index contributed by atoms with van der Waals surface area (Å²) in [5.41, 5.74) is 4.33. The van der Waals surface area contributed by atoms with Gasteiger partial charge in [0, 0.05) is 17.8 Å². The molecule has 0 fully saturated rings. The number of hydrogen-bond donors (Lipinski definition) is 1. The molecule has 0 saturated carbocycles. The van der Waals surface area contributed by atoms with E-state index in [1.165, 1.54) is 17.3 Å². The Labute approximate surface area is 205 Å². The summed E-state index contributed by atoms with van der Waals surface area (Å²) in [4.78, 5) is 28.3. The van der Waals surface area contributed by atoms with Gasteiger partial charge in [-0.1, -0.05) is 62.9 Å². The van der Waals surface area contributed by atoms with E-state index in [1.54, 1.807) is 26.8 Å². The number of carbonyl (C=O) groups excluding carboxylic acids is 2. The number of nitrogens with one attached hydrogen (secondary N) is 1. The molecule has 3 rings (SSSR count). The number of H-pyrrole nitrogens is 1. The summed E-state index contributed by atoms with van der Waals surface area (Å²) in [5, 5.41) is 9.36. The van der Waals surface area contributed by atoms with Gasteiger partial charge >= 0.3 is 5.97 Å². The predicted octanol–water partition coefficient (Wildman–Crippen LogP) is 5.53. The number of ketones is 1. The van der Waals surface area contributed by atoms with Crippen LogP contribution in [0.1, 0.15) is 65.4 Å². The summed E-state index contributed by atoms with van der Waals surface area (Å²) in [7, 11) is 0. The fourth-order valence-corrected chi connectivity index (χ4v) is 4.58. The average molecular weight is 481 g/mol. The number of Topliss-reactive ketones (excluding diaryl/α,β-unsaturated/α-hetero) is 1. The molecule has 0 unspecified atom stereocenters. The lowest BCUT2D eigenvalue weighted by Gasteiger charge is -2.19. The standard InChI is InChI=1S/C26H32N4O3S/c1-8-14-30-23(18-10-12-19(13-11-18)26(5,6)7)28-29-25(30)34-15-20(31)22-16(3)21(17(4)27-22)24(32)33-9-2/h8,10-13,27H,1,9,14-15H2,2-7H3. The van der Waals surface area contributed by atoms with Crippen molar-refractivity contribution in [2.24, 2.45) is 0 Å². The van der Waals surface area contributed by atoms with E-state index < -0.39 is 5.97 Å². The van der Waals surface area contributed by atoms with Gasteiger partial charge in [-0.25, -0.2) is 4.79 Å². The van der Waals surface area contributed by atoms with Gasteiger partial charge in [-0.2, -0.15) is 0 Å². The number of nitrogens with zero attached hydrogens (tertiary/aromatic N) is 3. The third-order valence-corrected chi connectivity index (χ3v) is 6.53. The molecule has 2 heterocycles. The first-order valence-electron chi connectivity index (χ1n) is 11.3. The molecule has 0 aliphatic heterocycles. The molecule has 7 nitrogen and oxygen atoms in total. The number of benzene rings is 1. The monoisotopic (exact) mass is 480 g/mol. The second kappa shape index (κ2) is 10.4. The molecule has 34 heavy (non-hydrogen) atoms. The number of ether oxygens (including phenoxy) is 1. The van der Waals surface area contributed by atoms with Gasteiger partial charge in [-0.3, -0.25) is 9.36 Å². The quantitative estimate of drug-likeness (QED) is 0.188. The van der Waals surface area contributed by atoms with Crippen LogP contribution >= 0.6 is 11.8 Å². The molecule has 0 spiro atoms. The van der Waals surface area contributed by atoms with Crippen molar-refractivity contribution in [3.8, 4) is 11.4 Å². The van der Waals surface area contributed by atoms with E-state index in [9.17, 15) is 9.59 Å². The number of aromatic nitrogens is 4. The van der Waals surface area contributed by atoms with Crippen molar-refractivity contribution in [2.45, 2.75) is 58.7 Å². The number of allylic oxidation sites excluding steroid dienone is 1. The van der Waals surface area contributed by atoms with Crippen LogP contribution in [-0.2, 0) is 16.7 Å². The van der Waals surface area contributed by atoms with Gasteiger partial charge in [0.15, 0.2) is 16.8 Å². The molecular formula is C26H32N4O3S. The number of hydrogen-bond acceptors (Lipinski definition) is 6. The lowest BCUT2D eigenvalue weighted by Crippen LogP contribution is -2.10. The average Bonchev–Trinajstić information content (AvgIpc) is 3.32. The number of thioether (sulfide) groups is 1. The molecule has 180 valence electrons. The minimum atomic E-state index is -0.423. The smallest absolute Gasteiger partial charge is 0.340 e. The molecule has 1 N–H and O–H groups in total. The molecule has 1 aromatic carbocycles. The summed E-state index contributed by atoms with van der Waals surface area (Å²) >= 11 is 1.31. The summed E-state index contributed by atoms with van der Waals surface area (Å²) in [6.07, 6.45) is 1.78. The van der Waals surface area contributed by atoms with Crippen molar-refractivity contribution in [3.05, 3.63) is 65.0 Å². The maximum absolute atomic E-state index is 13.0. The van der Waals surface area contributed by atoms with E-state index in [2.05, 4.69) is 54.7 Å². The fraction of sp³-hybridized carbons (Fsp3) is 0.385. The van der Waals surface area contributed by atoms with Gasteiger partial charge < -0.3 is 9.72 Å². The molecular weight excluding hydrogens is 448 g/mol. The van der Waals surface area contributed by atoms with Crippen LogP contribution in [0.25, 0.3) is 11.4 Å². The number of esters is 1. The minimum absolute atomic E-state index is 0.0656. The molecule has 0 saturated heterocycles. The summed E-state index contributed by atoms with van der Waals surface area (Å²) in [5.74, 6) is 0.340. The van der Waals surface area contributed by atoms with Crippen LogP contribution in [0.15, 0.2) is 42.1 Å². The highest BCUT2D eigenvalue weighted by Gasteiger charge is 2.24. The summed E-state index contributed by atoms with van der Waals surface area (Å²) in [6.45, 7) is 16.5. The Morgan fingerprint density at radius 1 is 1.18 bits per heavy atom. The number of aromatic amines is 1. The Hall–Kier alpha value is -3.13. The highest BCUT2D eigenvalue weighted by Crippen LogP contribution is 2.28. The molecule has 0 radical (unpaired) electrons. The third-order valence-electron chi connectivity index (χ3n) is 5.57. The molecule has 0 aliphatic rings. The van der Waals surface area contributed by atoms with E-state index in [0.717, 1.165) is 11.4 Å². The predicted molar refractivity (Wildman–Crippen MR) is 136 cm³/mol. The number of aryl methyl sites for hydroxylation is 1. The normalized spacial score (nSPS) is 11.5. The summed E-state index contributed by atoms with van der Waals surface area (Å²) < 4.78 is 7.07. The molecule has 0 amide bonds. The van der Waals surface area contributed by atoms with Crippen LogP contribution in [0.2, 0.25) is 0 Å². The van der Waals surface area contributed by atoms with E-state index in [-0.39, 0.29) is 23.6 Å². The van der Waals surface area contributed by atoms with Crippen LogP contribution in [0.5, 0.6) is 0 Å². The van der Waals surface area contributed by atoms with E-state index >= 15 is 0 Å². The van der Waals surface area contributed by atoms with Crippen LogP contribution in [-0.4, -0.2) is 43.9 Å². The first-order valence-corrected chi connectivity index (χ1v) is 12.2. The van der Waals surface area contributed by atoms with Crippen LogP contribution in [0.3, 0.4) is 0 Å². The van der Waals surface area contributed by atoms with Crippen molar-refractivity contribution in [2.75, 3.05) is 12.4 Å². The zero-order valence-corrected chi connectivity index (χ0v) is 21.5. The zero-order valence-electron chi connectivity index (χ0n) is 20.7.